The van der Waals surface area contributed by atoms with E-state index in [0.717, 1.165) is 0 Å². The van der Waals surface area contributed by atoms with Crippen LogP contribution in [-0.2, 0) is 0 Å². The van der Waals surface area contributed by atoms with Gasteiger partial charge < -0.3 is 0 Å². The van der Waals surface area contributed by atoms with Gasteiger partial charge in [0.1, 0.15) is 0 Å². The van der Waals surface area contributed by atoms with E-state index < -0.39 is 31.1 Å². The van der Waals surface area contributed by atoms with Gasteiger partial charge in [-0.05, 0) is 24.7 Å². The number of alkyl halides is 6. The zero-order valence-corrected chi connectivity index (χ0v) is 9.25. The standard InChI is InChI=1S/C10H16F6/c1-7(2)8(6-10(14,15)16)4-3-5-9(11,12)13/h7-8H,3-6H2,1-2H3. The molecule has 0 heterocycles. The Bertz CT molecular complexity index is 190. The van der Waals surface area contributed by atoms with Crippen molar-refractivity contribution in [2.24, 2.45) is 11.8 Å². The van der Waals surface area contributed by atoms with Gasteiger partial charge in [0, 0.05) is 12.8 Å². The van der Waals surface area contributed by atoms with Gasteiger partial charge in [-0.15, -0.1) is 0 Å². The summed E-state index contributed by atoms with van der Waals surface area (Å²) in [6.45, 7) is 3.20. The summed E-state index contributed by atoms with van der Waals surface area (Å²) in [7, 11) is 0. The lowest BCUT2D eigenvalue weighted by molar-refractivity contribution is -0.150. The number of rotatable bonds is 5. The van der Waals surface area contributed by atoms with Gasteiger partial charge in [-0.1, -0.05) is 13.8 Å². The molecule has 0 aromatic carbocycles. The van der Waals surface area contributed by atoms with E-state index in [-0.39, 0.29) is 18.8 Å². The highest BCUT2D eigenvalue weighted by Crippen LogP contribution is 2.33. The third kappa shape index (κ3) is 8.85. The van der Waals surface area contributed by atoms with Crippen LogP contribution in [0.4, 0.5) is 26.3 Å². The Hall–Kier alpha value is -0.420. The molecule has 0 amide bonds. The van der Waals surface area contributed by atoms with Crippen LogP contribution in [0.5, 0.6) is 0 Å². The third-order valence-corrected chi connectivity index (χ3v) is 2.47. The van der Waals surface area contributed by atoms with E-state index in [1.165, 1.54) is 0 Å². The smallest absolute Gasteiger partial charge is 0.171 e. The molecule has 0 aromatic heterocycles. The molecule has 0 fully saturated rings. The molecule has 0 aliphatic carbocycles. The Morgan fingerprint density at radius 1 is 0.875 bits per heavy atom. The SMILES string of the molecule is CC(C)C(CCCC(F)(F)F)CC(F)(F)F. The fraction of sp³-hybridized carbons (Fsp3) is 1.00. The van der Waals surface area contributed by atoms with Crippen LogP contribution in [0, 0.1) is 11.8 Å². The fourth-order valence-electron chi connectivity index (χ4n) is 1.53. The van der Waals surface area contributed by atoms with Crippen LogP contribution in [0.3, 0.4) is 0 Å². The normalized spacial score (nSPS) is 15.6. The first-order valence-electron chi connectivity index (χ1n) is 5.15. The van der Waals surface area contributed by atoms with Gasteiger partial charge in [0.15, 0.2) is 0 Å². The van der Waals surface area contributed by atoms with E-state index in [4.69, 9.17) is 0 Å². The highest BCUT2D eigenvalue weighted by Gasteiger charge is 2.34. The molecule has 1 atom stereocenters. The maximum absolute atomic E-state index is 12.1. The van der Waals surface area contributed by atoms with Crippen molar-refractivity contribution in [3.8, 4) is 0 Å². The summed E-state index contributed by atoms with van der Waals surface area (Å²) in [5, 5.41) is 0. The monoisotopic (exact) mass is 250 g/mol. The van der Waals surface area contributed by atoms with Crippen molar-refractivity contribution in [1.82, 2.24) is 0 Å². The fourth-order valence-corrected chi connectivity index (χ4v) is 1.53. The van der Waals surface area contributed by atoms with E-state index >= 15 is 0 Å². The zero-order chi connectivity index (χ0) is 13.0. The average Bonchev–Trinajstić information content (AvgIpc) is 1.97. The van der Waals surface area contributed by atoms with E-state index in [2.05, 4.69) is 0 Å². The van der Waals surface area contributed by atoms with E-state index in [9.17, 15) is 26.3 Å². The molecule has 0 nitrogen and oxygen atoms in total. The van der Waals surface area contributed by atoms with Gasteiger partial charge in [0.05, 0.1) is 0 Å². The topological polar surface area (TPSA) is 0 Å². The Labute approximate surface area is 91.0 Å². The molecule has 98 valence electrons. The van der Waals surface area contributed by atoms with Gasteiger partial charge in [-0.3, -0.25) is 0 Å². The Morgan fingerprint density at radius 3 is 1.69 bits per heavy atom. The average molecular weight is 250 g/mol. The molecule has 0 spiro atoms. The summed E-state index contributed by atoms with van der Waals surface area (Å²) in [5.74, 6) is -0.975. The molecular formula is C10H16F6. The highest BCUT2D eigenvalue weighted by atomic mass is 19.4. The number of halogens is 6. The first kappa shape index (κ1) is 15.6. The van der Waals surface area contributed by atoms with Crippen molar-refractivity contribution in [3.63, 3.8) is 0 Å². The Balaban J connectivity index is 4.06. The minimum atomic E-state index is -4.30. The molecule has 6 heteroatoms. The lowest BCUT2D eigenvalue weighted by atomic mass is 9.87. The molecule has 0 saturated carbocycles. The maximum Gasteiger partial charge on any atom is 0.389 e. The molecule has 0 N–H and O–H groups in total. The second-order valence-electron chi connectivity index (χ2n) is 4.33. The van der Waals surface area contributed by atoms with Crippen LogP contribution in [-0.4, -0.2) is 12.4 Å². The molecule has 0 bridgehead atoms. The quantitative estimate of drug-likeness (QED) is 0.606. The first-order chi connectivity index (χ1) is 7.01. The van der Waals surface area contributed by atoms with Gasteiger partial charge in [-0.2, -0.15) is 26.3 Å². The highest BCUT2D eigenvalue weighted by molar-refractivity contribution is 4.68. The largest absolute Gasteiger partial charge is 0.389 e. The van der Waals surface area contributed by atoms with Gasteiger partial charge in [0.2, 0.25) is 0 Å². The van der Waals surface area contributed by atoms with E-state index in [1.54, 1.807) is 13.8 Å². The second-order valence-corrected chi connectivity index (χ2v) is 4.33. The number of hydrogen-bond acceptors (Lipinski definition) is 0. The van der Waals surface area contributed by atoms with Crippen molar-refractivity contribution < 1.29 is 26.3 Å². The molecule has 1 unspecified atom stereocenters. The lowest BCUT2D eigenvalue weighted by Crippen LogP contribution is -2.20. The van der Waals surface area contributed by atoms with Crippen molar-refractivity contribution in [1.29, 1.82) is 0 Å². The molecular weight excluding hydrogens is 234 g/mol. The van der Waals surface area contributed by atoms with Crippen molar-refractivity contribution in [2.75, 3.05) is 0 Å². The summed E-state index contributed by atoms with van der Waals surface area (Å²) >= 11 is 0. The van der Waals surface area contributed by atoms with Crippen LogP contribution >= 0.6 is 0 Å². The molecule has 0 rings (SSSR count). The van der Waals surface area contributed by atoms with Gasteiger partial charge in [0.25, 0.3) is 0 Å². The predicted octanol–water partition coefficient (Wildman–Crippen LogP) is 4.94. The summed E-state index contributed by atoms with van der Waals surface area (Å²) in [6.07, 6.45) is -10.8. The zero-order valence-electron chi connectivity index (χ0n) is 9.25. The molecule has 16 heavy (non-hydrogen) atoms. The first-order valence-corrected chi connectivity index (χ1v) is 5.15. The van der Waals surface area contributed by atoms with E-state index in [1.807, 2.05) is 0 Å². The maximum atomic E-state index is 12.1. The third-order valence-electron chi connectivity index (χ3n) is 2.47. The minimum absolute atomic E-state index is 0.0311. The van der Waals surface area contributed by atoms with Crippen molar-refractivity contribution in [3.05, 3.63) is 0 Å². The van der Waals surface area contributed by atoms with E-state index in [0.29, 0.717) is 0 Å². The summed E-state index contributed by atoms with van der Waals surface area (Å²) in [6, 6.07) is 0. The van der Waals surface area contributed by atoms with Crippen LogP contribution in [0.2, 0.25) is 0 Å². The molecule has 0 aliphatic rings. The molecule has 0 radical (unpaired) electrons. The minimum Gasteiger partial charge on any atom is -0.171 e. The van der Waals surface area contributed by atoms with Crippen molar-refractivity contribution in [2.45, 2.75) is 51.9 Å². The van der Waals surface area contributed by atoms with Crippen molar-refractivity contribution >= 4 is 0 Å². The Morgan fingerprint density at radius 2 is 1.38 bits per heavy atom. The summed E-state index contributed by atoms with van der Waals surface area (Å²) in [4.78, 5) is 0. The lowest BCUT2D eigenvalue weighted by Gasteiger charge is -2.22. The summed E-state index contributed by atoms with van der Waals surface area (Å²) < 4.78 is 71.8. The van der Waals surface area contributed by atoms with Crippen LogP contribution in [0.15, 0.2) is 0 Å². The van der Waals surface area contributed by atoms with Crippen LogP contribution < -0.4 is 0 Å². The second kappa shape index (κ2) is 5.77. The van der Waals surface area contributed by atoms with Gasteiger partial charge >= 0.3 is 12.4 Å². The van der Waals surface area contributed by atoms with Crippen LogP contribution in [0.25, 0.3) is 0 Å². The predicted molar refractivity (Wildman–Crippen MR) is 48.9 cm³/mol. The Kier molecular flexibility index (Phi) is 5.62. The van der Waals surface area contributed by atoms with Crippen LogP contribution in [0.1, 0.15) is 39.5 Å². The van der Waals surface area contributed by atoms with Gasteiger partial charge in [-0.25, -0.2) is 0 Å². The molecule has 0 aromatic rings. The number of hydrogen-bond donors (Lipinski definition) is 0. The summed E-state index contributed by atoms with van der Waals surface area (Å²) in [5.41, 5.74) is 0. The molecule has 0 saturated heterocycles. The molecule has 0 aliphatic heterocycles.